The average molecular weight is 311 g/mol. The Morgan fingerprint density at radius 3 is 2.38 bits per heavy atom. The van der Waals surface area contributed by atoms with E-state index in [1.807, 2.05) is 31.2 Å². The van der Waals surface area contributed by atoms with Gasteiger partial charge >= 0.3 is 0 Å². The molecule has 2 N–H and O–H groups in total. The number of piperazine rings is 1. The molecule has 116 valence electrons. The van der Waals surface area contributed by atoms with Gasteiger partial charge < -0.3 is 4.90 Å². The second-order valence-corrected chi connectivity index (χ2v) is 6.80. The van der Waals surface area contributed by atoms with Gasteiger partial charge in [0.1, 0.15) is 0 Å². The van der Waals surface area contributed by atoms with Crippen LogP contribution in [0.25, 0.3) is 0 Å². The molecule has 1 saturated heterocycles. The summed E-state index contributed by atoms with van der Waals surface area (Å²) in [6, 6.07) is 8.01. The summed E-state index contributed by atoms with van der Waals surface area (Å²) in [4.78, 5) is 13.9. The minimum Gasteiger partial charge on any atom is -0.340 e. The lowest BCUT2D eigenvalue weighted by molar-refractivity contribution is -0.132. The van der Waals surface area contributed by atoms with Gasteiger partial charge in [0, 0.05) is 32.6 Å². The van der Waals surface area contributed by atoms with Crippen molar-refractivity contribution in [2.75, 3.05) is 26.2 Å². The van der Waals surface area contributed by atoms with E-state index < -0.39 is 10.2 Å². The van der Waals surface area contributed by atoms with Gasteiger partial charge in [-0.05, 0) is 24.5 Å². The molecule has 1 aliphatic heterocycles. The molecule has 2 rings (SSSR count). The summed E-state index contributed by atoms with van der Waals surface area (Å²) < 4.78 is 23.6. The quantitative estimate of drug-likeness (QED) is 0.866. The zero-order valence-electron chi connectivity index (χ0n) is 12.2. The largest absolute Gasteiger partial charge is 0.340 e. The van der Waals surface area contributed by atoms with Crippen molar-refractivity contribution in [3.8, 4) is 0 Å². The Bertz CT molecular complexity index is 608. The van der Waals surface area contributed by atoms with Crippen molar-refractivity contribution < 1.29 is 13.2 Å². The molecule has 0 aliphatic carbocycles. The number of nitrogens with zero attached hydrogens (tertiary/aromatic N) is 2. The van der Waals surface area contributed by atoms with E-state index in [-0.39, 0.29) is 19.0 Å². The van der Waals surface area contributed by atoms with Gasteiger partial charge in [0.25, 0.3) is 10.2 Å². The van der Waals surface area contributed by atoms with Crippen LogP contribution in [0.3, 0.4) is 0 Å². The summed E-state index contributed by atoms with van der Waals surface area (Å²) in [5.41, 5.74) is 2.36. The second kappa shape index (κ2) is 6.55. The van der Waals surface area contributed by atoms with Crippen LogP contribution in [0.4, 0.5) is 0 Å². The molecule has 21 heavy (non-hydrogen) atoms. The highest BCUT2D eigenvalue weighted by Crippen LogP contribution is 2.12. The van der Waals surface area contributed by atoms with E-state index >= 15 is 0 Å². The SMILES string of the molecule is Cc1ccccc1CCC(=O)N1CCN(S(N)(=O)=O)CC1. The number of benzene rings is 1. The number of hydrogen-bond donors (Lipinski definition) is 1. The molecule has 0 aromatic heterocycles. The van der Waals surface area contributed by atoms with Crippen LogP contribution in [0.5, 0.6) is 0 Å². The lowest BCUT2D eigenvalue weighted by Crippen LogP contribution is -2.52. The smallest absolute Gasteiger partial charge is 0.277 e. The molecule has 0 bridgehead atoms. The average Bonchev–Trinajstić information content (AvgIpc) is 2.45. The van der Waals surface area contributed by atoms with E-state index in [0.717, 1.165) is 0 Å². The summed E-state index contributed by atoms with van der Waals surface area (Å²) in [6.07, 6.45) is 1.15. The first-order chi connectivity index (χ1) is 9.88. The van der Waals surface area contributed by atoms with Crippen molar-refractivity contribution >= 4 is 16.1 Å². The van der Waals surface area contributed by atoms with Crippen LogP contribution in [0.2, 0.25) is 0 Å². The maximum atomic E-state index is 12.2. The molecule has 0 unspecified atom stereocenters. The summed E-state index contributed by atoms with van der Waals surface area (Å²) >= 11 is 0. The first kappa shape index (κ1) is 15.9. The summed E-state index contributed by atoms with van der Waals surface area (Å²) in [5.74, 6) is 0.0623. The molecule has 7 heteroatoms. The van der Waals surface area contributed by atoms with Gasteiger partial charge in [0.05, 0.1) is 0 Å². The van der Waals surface area contributed by atoms with Gasteiger partial charge in [0.15, 0.2) is 0 Å². The Kier molecular flexibility index (Phi) is 4.97. The monoisotopic (exact) mass is 311 g/mol. The molecule has 0 atom stereocenters. The Balaban J connectivity index is 1.84. The fourth-order valence-electron chi connectivity index (χ4n) is 2.48. The van der Waals surface area contributed by atoms with E-state index in [0.29, 0.717) is 25.9 Å². The van der Waals surface area contributed by atoms with E-state index in [4.69, 9.17) is 5.14 Å². The van der Waals surface area contributed by atoms with Crippen LogP contribution in [-0.2, 0) is 21.4 Å². The third-order valence-electron chi connectivity index (χ3n) is 3.82. The third kappa shape index (κ3) is 4.26. The highest BCUT2D eigenvalue weighted by atomic mass is 32.2. The number of carbonyl (C=O) groups is 1. The molecule has 1 aliphatic rings. The maximum absolute atomic E-state index is 12.2. The summed E-state index contributed by atoms with van der Waals surface area (Å²) in [7, 11) is -3.64. The van der Waals surface area contributed by atoms with E-state index in [2.05, 4.69) is 0 Å². The van der Waals surface area contributed by atoms with Gasteiger partial charge in [-0.15, -0.1) is 0 Å². The van der Waals surface area contributed by atoms with E-state index in [1.54, 1.807) is 4.90 Å². The van der Waals surface area contributed by atoms with Crippen LogP contribution < -0.4 is 5.14 Å². The van der Waals surface area contributed by atoms with Crippen molar-refractivity contribution in [2.45, 2.75) is 19.8 Å². The topological polar surface area (TPSA) is 83.7 Å². The normalized spacial score (nSPS) is 17.0. The van der Waals surface area contributed by atoms with Gasteiger partial charge in [-0.2, -0.15) is 12.7 Å². The highest BCUT2D eigenvalue weighted by Gasteiger charge is 2.26. The minimum atomic E-state index is -3.64. The Hall–Kier alpha value is -1.44. The van der Waals surface area contributed by atoms with Crippen molar-refractivity contribution in [1.82, 2.24) is 9.21 Å². The molecule has 0 radical (unpaired) electrons. The fourth-order valence-corrected chi connectivity index (χ4v) is 3.15. The third-order valence-corrected chi connectivity index (χ3v) is 4.91. The maximum Gasteiger partial charge on any atom is 0.277 e. The van der Waals surface area contributed by atoms with Gasteiger partial charge in [-0.25, -0.2) is 5.14 Å². The molecule has 6 nitrogen and oxygen atoms in total. The molecule has 1 fully saturated rings. The minimum absolute atomic E-state index is 0.0623. The van der Waals surface area contributed by atoms with Crippen molar-refractivity contribution in [3.63, 3.8) is 0 Å². The molecule has 1 amide bonds. The zero-order valence-corrected chi connectivity index (χ0v) is 13.0. The van der Waals surface area contributed by atoms with Crippen LogP contribution in [0.1, 0.15) is 17.5 Å². The van der Waals surface area contributed by atoms with Gasteiger partial charge in [-0.1, -0.05) is 24.3 Å². The first-order valence-corrected chi connectivity index (χ1v) is 8.48. The lowest BCUT2D eigenvalue weighted by Gasteiger charge is -2.33. The summed E-state index contributed by atoms with van der Waals surface area (Å²) in [6.45, 7) is 3.39. The van der Waals surface area contributed by atoms with Crippen LogP contribution in [-0.4, -0.2) is 49.7 Å². The molecule has 0 spiro atoms. The predicted octanol–water partition coefficient (Wildman–Crippen LogP) is 0.275. The lowest BCUT2D eigenvalue weighted by atomic mass is 10.0. The molecule has 1 aromatic carbocycles. The van der Waals surface area contributed by atoms with Gasteiger partial charge in [-0.3, -0.25) is 4.79 Å². The van der Waals surface area contributed by atoms with Crippen molar-refractivity contribution in [3.05, 3.63) is 35.4 Å². The number of amides is 1. The van der Waals surface area contributed by atoms with Crippen LogP contribution in [0, 0.1) is 6.92 Å². The number of hydrogen-bond acceptors (Lipinski definition) is 3. The Labute approximate surface area is 125 Å². The standard InChI is InChI=1S/C14H21N3O3S/c1-12-4-2-3-5-13(12)6-7-14(18)16-8-10-17(11-9-16)21(15,19)20/h2-5H,6-11H2,1H3,(H2,15,19,20). The van der Waals surface area contributed by atoms with E-state index in [9.17, 15) is 13.2 Å². The molecule has 1 heterocycles. The second-order valence-electron chi connectivity index (χ2n) is 5.25. The predicted molar refractivity (Wildman–Crippen MR) is 80.8 cm³/mol. The Morgan fingerprint density at radius 2 is 1.81 bits per heavy atom. The number of aryl methyl sites for hydroxylation is 2. The zero-order chi connectivity index (χ0) is 15.5. The first-order valence-electron chi connectivity index (χ1n) is 6.98. The van der Waals surface area contributed by atoms with Crippen molar-refractivity contribution in [2.24, 2.45) is 5.14 Å². The summed E-state index contributed by atoms with van der Waals surface area (Å²) in [5, 5.41) is 5.08. The Morgan fingerprint density at radius 1 is 1.19 bits per heavy atom. The van der Waals surface area contributed by atoms with E-state index in [1.165, 1.54) is 15.4 Å². The number of nitrogens with two attached hydrogens (primary N) is 1. The highest BCUT2D eigenvalue weighted by molar-refractivity contribution is 7.86. The molecule has 0 saturated carbocycles. The van der Waals surface area contributed by atoms with Crippen molar-refractivity contribution in [1.29, 1.82) is 0 Å². The van der Waals surface area contributed by atoms with Crippen LogP contribution in [0.15, 0.2) is 24.3 Å². The molecular formula is C14H21N3O3S. The number of carbonyl (C=O) groups excluding carboxylic acids is 1. The number of rotatable bonds is 4. The van der Waals surface area contributed by atoms with Gasteiger partial charge in [0.2, 0.25) is 5.91 Å². The molecular weight excluding hydrogens is 290 g/mol. The fraction of sp³-hybridized carbons (Fsp3) is 0.500. The van der Waals surface area contributed by atoms with Crippen LogP contribution >= 0.6 is 0 Å². The molecule has 1 aromatic rings.